The van der Waals surface area contributed by atoms with Gasteiger partial charge in [-0.1, -0.05) is 78.9 Å². The zero-order chi connectivity index (χ0) is 19.6. The van der Waals surface area contributed by atoms with E-state index in [1.165, 1.54) is 44.3 Å². The Bertz CT molecular complexity index is 1230. The number of pyridine rings is 1. The maximum atomic E-state index is 2.30. The van der Waals surface area contributed by atoms with E-state index in [0.29, 0.717) is 0 Å². The third-order valence-corrected chi connectivity index (χ3v) is 5.44. The Kier molecular flexibility index (Phi) is 4.42. The van der Waals surface area contributed by atoms with Gasteiger partial charge in [0, 0.05) is 17.0 Å². The molecule has 5 rings (SSSR count). The van der Waals surface area contributed by atoms with Crippen molar-refractivity contribution in [2.24, 2.45) is 7.05 Å². The van der Waals surface area contributed by atoms with Gasteiger partial charge in [0.05, 0.1) is 0 Å². The van der Waals surface area contributed by atoms with E-state index in [0.717, 1.165) is 0 Å². The van der Waals surface area contributed by atoms with E-state index in [2.05, 4.69) is 127 Å². The van der Waals surface area contributed by atoms with Crippen LogP contribution in [0, 0.1) is 0 Å². The lowest BCUT2D eigenvalue weighted by molar-refractivity contribution is -0.659. The summed E-state index contributed by atoms with van der Waals surface area (Å²) >= 11 is 0. The summed E-state index contributed by atoms with van der Waals surface area (Å²) in [6.07, 6.45) is 2.21. The first-order chi connectivity index (χ1) is 14.3. The minimum absolute atomic E-state index is 1.21. The highest BCUT2D eigenvalue weighted by Crippen LogP contribution is 2.32. The Morgan fingerprint density at radius 2 is 0.931 bits per heavy atom. The van der Waals surface area contributed by atoms with Crippen LogP contribution in [0.15, 0.2) is 115 Å². The van der Waals surface area contributed by atoms with Crippen LogP contribution in [0.1, 0.15) is 0 Å². The normalized spacial score (nSPS) is 10.9. The van der Waals surface area contributed by atoms with Gasteiger partial charge in [0.25, 0.3) is 0 Å². The van der Waals surface area contributed by atoms with Gasteiger partial charge in [-0.25, -0.2) is 4.57 Å². The molecule has 0 spiro atoms. The molecule has 0 N–H and O–H groups in total. The molecule has 0 bridgehead atoms. The van der Waals surface area contributed by atoms with Gasteiger partial charge in [-0.3, -0.25) is 0 Å². The van der Waals surface area contributed by atoms with E-state index < -0.39 is 0 Å². The summed E-state index contributed by atoms with van der Waals surface area (Å²) in [5.74, 6) is 0. The second-order valence-electron chi connectivity index (χ2n) is 7.43. The average Bonchev–Trinajstić information content (AvgIpc) is 2.79. The molecule has 0 fully saturated rings. The maximum Gasteiger partial charge on any atom is 0.212 e. The number of hydrogen-bond acceptors (Lipinski definition) is 0. The minimum atomic E-state index is 1.21. The number of benzene rings is 4. The van der Waals surface area contributed by atoms with Crippen molar-refractivity contribution in [3.8, 4) is 33.5 Å². The van der Waals surface area contributed by atoms with Crippen molar-refractivity contribution in [1.82, 2.24) is 0 Å². The molecule has 5 aromatic rings. The van der Waals surface area contributed by atoms with Crippen LogP contribution in [-0.2, 0) is 7.05 Å². The molecule has 1 heterocycles. The molecule has 0 unspecified atom stereocenters. The van der Waals surface area contributed by atoms with Gasteiger partial charge in [0.1, 0.15) is 7.05 Å². The summed E-state index contributed by atoms with van der Waals surface area (Å²) in [5, 5.41) is 2.51. The molecule has 0 aliphatic rings. The van der Waals surface area contributed by atoms with Gasteiger partial charge in [-0.2, -0.15) is 0 Å². The molecule has 1 heteroatoms. The minimum Gasteiger partial charge on any atom is -0.200 e. The average molecular weight is 372 g/mol. The predicted molar refractivity (Wildman–Crippen MR) is 121 cm³/mol. The molecule has 0 aliphatic carbocycles. The van der Waals surface area contributed by atoms with Crippen LogP contribution in [0.3, 0.4) is 0 Å². The highest BCUT2D eigenvalue weighted by molar-refractivity contribution is 5.86. The van der Waals surface area contributed by atoms with E-state index in [1.807, 2.05) is 0 Å². The fourth-order valence-electron chi connectivity index (χ4n) is 3.94. The van der Waals surface area contributed by atoms with E-state index in [4.69, 9.17) is 0 Å². The number of nitrogens with zero attached hydrogens (tertiary/aromatic N) is 1. The van der Waals surface area contributed by atoms with Crippen LogP contribution in [0.25, 0.3) is 44.3 Å². The van der Waals surface area contributed by atoms with E-state index in [1.54, 1.807) is 0 Å². The van der Waals surface area contributed by atoms with Crippen molar-refractivity contribution in [3.63, 3.8) is 0 Å². The lowest BCUT2D eigenvalue weighted by atomic mass is 9.94. The Morgan fingerprint density at radius 1 is 0.448 bits per heavy atom. The molecule has 29 heavy (non-hydrogen) atoms. The Hall–Kier alpha value is -3.71. The fourth-order valence-corrected chi connectivity index (χ4v) is 3.94. The lowest BCUT2D eigenvalue weighted by Crippen LogP contribution is -2.30. The largest absolute Gasteiger partial charge is 0.212 e. The summed E-state index contributed by atoms with van der Waals surface area (Å²) in [5.41, 5.74) is 7.35. The van der Waals surface area contributed by atoms with Gasteiger partial charge < -0.3 is 0 Å². The first-order valence-corrected chi connectivity index (χ1v) is 9.93. The third kappa shape index (κ3) is 3.43. The van der Waals surface area contributed by atoms with E-state index >= 15 is 0 Å². The van der Waals surface area contributed by atoms with E-state index in [9.17, 15) is 0 Å². The molecule has 0 saturated carbocycles. The van der Waals surface area contributed by atoms with Crippen LogP contribution < -0.4 is 4.57 Å². The molecule has 1 nitrogen and oxygen atoms in total. The van der Waals surface area contributed by atoms with Gasteiger partial charge in [0.2, 0.25) is 5.69 Å². The van der Waals surface area contributed by atoms with Crippen LogP contribution in [0.5, 0.6) is 0 Å². The Morgan fingerprint density at radius 3 is 1.52 bits per heavy atom. The zero-order valence-corrected chi connectivity index (χ0v) is 16.4. The molecular weight excluding hydrogens is 350 g/mol. The summed E-state index contributed by atoms with van der Waals surface area (Å²) in [4.78, 5) is 0. The van der Waals surface area contributed by atoms with Crippen molar-refractivity contribution in [1.29, 1.82) is 0 Å². The second-order valence-corrected chi connectivity index (χ2v) is 7.43. The van der Waals surface area contributed by atoms with E-state index in [-0.39, 0.29) is 0 Å². The number of aryl methyl sites for hydroxylation is 1. The molecule has 138 valence electrons. The van der Waals surface area contributed by atoms with Gasteiger partial charge in [0.15, 0.2) is 6.20 Å². The summed E-state index contributed by atoms with van der Waals surface area (Å²) in [6.45, 7) is 0. The summed E-state index contributed by atoms with van der Waals surface area (Å²) in [7, 11) is 2.12. The van der Waals surface area contributed by atoms with Crippen LogP contribution in [-0.4, -0.2) is 0 Å². The topological polar surface area (TPSA) is 3.88 Å². The van der Waals surface area contributed by atoms with Crippen LogP contribution >= 0.6 is 0 Å². The first-order valence-electron chi connectivity index (χ1n) is 9.93. The Balaban J connectivity index is 1.75. The van der Waals surface area contributed by atoms with Crippen molar-refractivity contribution in [2.45, 2.75) is 0 Å². The van der Waals surface area contributed by atoms with Gasteiger partial charge in [-0.05, 0) is 51.9 Å². The molecule has 0 atom stereocenters. The highest BCUT2D eigenvalue weighted by Gasteiger charge is 2.15. The lowest BCUT2D eigenvalue weighted by Gasteiger charge is -2.11. The monoisotopic (exact) mass is 372 g/mol. The van der Waals surface area contributed by atoms with Crippen molar-refractivity contribution >= 4 is 10.8 Å². The molecule has 1 aromatic heterocycles. The fraction of sp³-hybridized carbons (Fsp3) is 0.0357. The molecule has 4 aromatic carbocycles. The number of fused-ring (bicyclic) bond motifs is 1. The standard InChI is InChI=1S/C28H22N/c1-29-20-24-15-9-8-14-23(24)19-28(29)27-17-25(21-10-4-2-5-11-21)16-26(18-27)22-12-6-3-7-13-22/h2-20H,1H3/q+1. The molecule has 0 aliphatic heterocycles. The van der Waals surface area contributed by atoms with Crippen molar-refractivity contribution < 1.29 is 4.57 Å². The first kappa shape index (κ1) is 17.4. The quantitative estimate of drug-likeness (QED) is 0.312. The maximum absolute atomic E-state index is 2.30. The third-order valence-electron chi connectivity index (χ3n) is 5.44. The van der Waals surface area contributed by atoms with Crippen LogP contribution in [0.4, 0.5) is 0 Å². The SMILES string of the molecule is C[n+]1cc2ccccc2cc1-c1cc(-c2ccccc2)cc(-c2ccccc2)c1. The number of hydrogen-bond donors (Lipinski definition) is 0. The van der Waals surface area contributed by atoms with Crippen molar-refractivity contribution in [3.05, 3.63) is 115 Å². The molecule has 0 radical (unpaired) electrons. The molecule has 0 amide bonds. The second kappa shape index (κ2) is 7.37. The van der Waals surface area contributed by atoms with Gasteiger partial charge >= 0.3 is 0 Å². The Labute approximate surface area is 171 Å². The van der Waals surface area contributed by atoms with Crippen molar-refractivity contribution in [2.75, 3.05) is 0 Å². The van der Waals surface area contributed by atoms with Gasteiger partial charge in [-0.15, -0.1) is 0 Å². The number of aromatic nitrogens is 1. The van der Waals surface area contributed by atoms with Crippen LogP contribution in [0.2, 0.25) is 0 Å². The predicted octanol–water partition coefficient (Wildman–Crippen LogP) is 6.67. The molecular formula is C28H22N+. The molecule has 0 saturated heterocycles. The summed E-state index contributed by atoms with van der Waals surface area (Å²) in [6, 6.07) is 38.9. The smallest absolute Gasteiger partial charge is 0.200 e. The zero-order valence-electron chi connectivity index (χ0n) is 16.4. The summed E-state index contributed by atoms with van der Waals surface area (Å²) < 4.78 is 2.22. The number of rotatable bonds is 3. The highest BCUT2D eigenvalue weighted by atomic mass is 14.9.